The quantitative estimate of drug-likeness (QED) is 0.260. The van der Waals surface area contributed by atoms with Crippen LogP contribution < -0.4 is 0 Å². The molecule has 0 bridgehead atoms. The third kappa shape index (κ3) is 7.57. The van der Waals surface area contributed by atoms with Gasteiger partial charge in [-0.15, -0.1) is 0 Å². The van der Waals surface area contributed by atoms with Crippen LogP contribution in [-0.4, -0.2) is 24.0 Å². The van der Waals surface area contributed by atoms with E-state index in [0.717, 1.165) is 44.0 Å². The highest BCUT2D eigenvalue weighted by molar-refractivity contribution is 5.49. The molecule has 2 atom stereocenters. The Kier molecular flexibility index (Phi) is 10.5. The van der Waals surface area contributed by atoms with Crippen LogP contribution in [0.5, 0.6) is 0 Å². The molecule has 2 aromatic carbocycles. The summed E-state index contributed by atoms with van der Waals surface area (Å²) in [5.41, 5.74) is -4.28. The van der Waals surface area contributed by atoms with E-state index in [2.05, 4.69) is 11.0 Å². The van der Waals surface area contributed by atoms with Crippen LogP contribution in [0.4, 0.5) is 26.3 Å². The third-order valence-corrected chi connectivity index (χ3v) is 8.24. The van der Waals surface area contributed by atoms with Crippen molar-refractivity contribution < 1.29 is 26.3 Å². The lowest BCUT2D eigenvalue weighted by atomic mass is 9.61. The maximum Gasteiger partial charge on any atom is 0.416 e. The molecule has 2 nitrogen and oxygen atoms in total. The molecule has 8 heteroatoms. The lowest BCUT2D eigenvalue weighted by Crippen LogP contribution is -2.42. The first-order chi connectivity index (χ1) is 18.4. The van der Waals surface area contributed by atoms with E-state index in [1.54, 1.807) is 0 Å². The highest BCUT2D eigenvalue weighted by Gasteiger charge is 2.51. The molecule has 0 saturated heterocycles. The molecular weight excluding hydrogens is 514 g/mol. The first-order valence-corrected chi connectivity index (χ1v) is 13.9. The van der Waals surface area contributed by atoms with Crippen LogP contribution in [0.1, 0.15) is 87.5 Å². The molecule has 0 radical (unpaired) electrons. The second-order valence-electron chi connectivity index (χ2n) is 10.8. The van der Waals surface area contributed by atoms with Crippen LogP contribution in [0.15, 0.2) is 48.5 Å². The number of nitriles is 1. The molecule has 1 aliphatic rings. The van der Waals surface area contributed by atoms with Crippen molar-refractivity contribution in [2.24, 2.45) is 5.92 Å². The molecule has 3 rings (SSSR count). The van der Waals surface area contributed by atoms with Crippen molar-refractivity contribution in [1.29, 1.82) is 5.26 Å². The SMILES string of the molecule is CCCN(CCc1ccccc1)C(C)CCC(C#N)(c1c(C(F)(F)F)cccc1C(F)(F)F)C1CCCCC1. The predicted octanol–water partition coefficient (Wildman–Crippen LogP) is 9.19. The molecule has 0 N–H and O–H groups in total. The average Bonchev–Trinajstić information content (AvgIpc) is 2.91. The number of benzene rings is 2. The number of rotatable bonds is 11. The third-order valence-electron chi connectivity index (χ3n) is 8.24. The van der Waals surface area contributed by atoms with Crippen LogP contribution in [0, 0.1) is 17.2 Å². The van der Waals surface area contributed by atoms with E-state index in [9.17, 15) is 31.6 Å². The fourth-order valence-electron chi connectivity index (χ4n) is 6.21. The van der Waals surface area contributed by atoms with Crippen molar-refractivity contribution in [3.05, 3.63) is 70.8 Å². The summed E-state index contributed by atoms with van der Waals surface area (Å²) in [6.45, 7) is 5.47. The topological polar surface area (TPSA) is 27.0 Å². The number of alkyl halides is 6. The monoisotopic (exact) mass is 552 g/mol. The fraction of sp³-hybridized carbons (Fsp3) is 0.581. The zero-order valence-electron chi connectivity index (χ0n) is 22.7. The lowest BCUT2D eigenvalue weighted by Gasteiger charge is -2.42. The van der Waals surface area contributed by atoms with E-state index in [1.807, 2.05) is 44.2 Å². The Hall–Kier alpha value is -2.53. The molecule has 2 unspecified atom stereocenters. The molecule has 0 aliphatic heterocycles. The van der Waals surface area contributed by atoms with Gasteiger partial charge in [-0.05, 0) is 81.2 Å². The summed E-state index contributed by atoms with van der Waals surface area (Å²) in [5, 5.41) is 10.6. The Balaban J connectivity index is 2.02. The minimum Gasteiger partial charge on any atom is -0.300 e. The van der Waals surface area contributed by atoms with Crippen LogP contribution in [0.2, 0.25) is 0 Å². The standard InChI is InChI=1S/C31H38F6N2/c1-3-20-39(21-18-24-11-6-4-7-12-24)23(2)17-19-29(22-38,25-13-8-5-9-14-25)28-26(30(32,33)34)15-10-16-27(28)31(35,36)37/h4,6-7,10-12,15-16,23,25H,3,5,8-9,13-14,17-21H2,1-2H3. The molecule has 0 heterocycles. The molecular formula is C31H38F6N2. The number of hydrogen-bond donors (Lipinski definition) is 0. The molecule has 0 spiro atoms. The van der Waals surface area contributed by atoms with E-state index in [1.165, 1.54) is 0 Å². The minimum absolute atomic E-state index is 0.0585. The van der Waals surface area contributed by atoms with Gasteiger partial charge < -0.3 is 4.90 Å². The molecule has 39 heavy (non-hydrogen) atoms. The Morgan fingerprint density at radius 3 is 1.97 bits per heavy atom. The molecule has 0 amide bonds. The van der Waals surface area contributed by atoms with Gasteiger partial charge in [0.15, 0.2) is 0 Å². The van der Waals surface area contributed by atoms with Crippen LogP contribution in [-0.2, 0) is 24.2 Å². The highest BCUT2D eigenvalue weighted by Crippen LogP contribution is 2.52. The number of halogens is 6. The molecule has 1 aliphatic carbocycles. The first-order valence-electron chi connectivity index (χ1n) is 13.9. The maximum atomic E-state index is 14.3. The molecule has 1 fully saturated rings. The van der Waals surface area contributed by atoms with E-state index in [4.69, 9.17) is 0 Å². The Labute approximate surface area is 228 Å². The molecule has 0 aromatic heterocycles. The normalized spacial score (nSPS) is 17.5. The molecule has 2 aromatic rings. The highest BCUT2D eigenvalue weighted by atomic mass is 19.4. The van der Waals surface area contributed by atoms with E-state index in [0.29, 0.717) is 44.2 Å². The summed E-state index contributed by atoms with van der Waals surface area (Å²) in [6, 6.07) is 14.1. The van der Waals surface area contributed by atoms with E-state index >= 15 is 0 Å². The van der Waals surface area contributed by atoms with Crippen molar-refractivity contribution in [2.45, 2.75) is 95.4 Å². The summed E-state index contributed by atoms with van der Waals surface area (Å²) < 4.78 is 85.5. The van der Waals surface area contributed by atoms with Gasteiger partial charge in [-0.3, -0.25) is 0 Å². The zero-order chi connectivity index (χ0) is 28.7. The largest absolute Gasteiger partial charge is 0.416 e. The zero-order valence-corrected chi connectivity index (χ0v) is 22.7. The summed E-state index contributed by atoms with van der Waals surface area (Å²) in [7, 11) is 0. The minimum atomic E-state index is -5.01. The van der Waals surface area contributed by atoms with Gasteiger partial charge in [-0.1, -0.05) is 62.6 Å². The second-order valence-corrected chi connectivity index (χ2v) is 10.8. The Bertz CT molecular complexity index is 1050. The van der Waals surface area contributed by atoms with Crippen molar-refractivity contribution in [3.8, 4) is 6.07 Å². The van der Waals surface area contributed by atoms with Gasteiger partial charge in [0.05, 0.1) is 22.6 Å². The van der Waals surface area contributed by atoms with Crippen LogP contribution in [0.25, 0.3) is 0 Å². The summed E-state index contributed by atoms with van der Waals surface area (Å²) >= 11 is 0. The predicted molar refractivity (Wildman–Crippen MR) is 141 cm³/mol. The average molecular weight is 553 g/mol. The van der Waals surface area contributed by atoms with E-state index < -0.39 is 40.4 Å². The first kappa shape index (κ1) is 31.0. The van der Waals surface area contributed by atoms with Gasteiger partial charge in [-0.2, -0.15) is 31.6 Å². The second kappa shape index (κ2) is 13.2. The lowest BCUT2D eigenvalue weighted by molar-refractivity contribution is -0.145. The van der Waals surface area contributed by atoms with Crippen LogP contribution in [0.3, 0.4) is 0 Å². The maximum absolute atomic E-state index is 14.3. The van der Waals surface area contributed by atoms with Crippen LogP contribution >= 0.6 is 0 Å². The number of hydrogen-bond acceptors (Lipinski definition) is 2. The van der Waals surface area contributed by atoms with Gasteiger partial charge in [0.1, 0.15) is 0 Å². The fourth-order valence-corrected chi connectivity index (χ4v) is 6.21. The van der Waals surface area contributed by atoms with Gasteiger partial charge in [0, 0.05) is 12.6 Å². The van der Waals surface area contributed by atoms with Gasteiger partial charge in [0.2, 0.25) is 0 Å². The van der Waals surface area contributed by atoms with Crippen molar-refractivity contribution in [3.63, 3.8) is 0 Å². The summed E-state index contributed by atoms with van der Waals surface area (Å²) in [5.74, 6) is -0.572. The van der Waals surface area contributed by atoms with Crippen molar-refractivity contribution >= 4 is 0 Å². The van der Waals surface area contributed by atoms with Crippen molar-refractivity contribution in [1.82, 2.24) is 4.90 Å². The Morgan fingerprint density at radius 1 is 0.872 bits per heavy atom. The smallest absolute Gasteiger partial charge is 0.300 e. The summed E-state index contributed by atoms with van der Waals surface area (Å²) in [6.07, 6.45) is -4.98. The number of nitrogens with zero attached hydrogens (tertiary/aromatic N) is 2. The van der Waals surface area contributed by atoms with E-state index in [-0.39, 0.29) is 12.5 Å². The summed E-state index contributed by atoms with van der Waals surface area (Å²) in [4.78, 5) is 2.23. The molecule has 214 valence electrons. The van der Waals surface area contributed by atoms with Gasteiger partial charge >= 0.3 is 12.4 Å². The van der Waals surface area contributed by atoms with Crippen molar-refractivity contribution in [2.75, 3.05) is 13.1 Å². The van der Waals surface area contributed by atoms with Gasteiger partial charge in [0.25, 0.3) is 0 Å². The van der Waals surface area contributed by atoms with Gasteiger partial charge in [-0.25, -0.2) is 0 Å². The molecule has 1 saturated carbocycles. The Morgan fingerprint density at radius 2 is 1.46 bits per heavy atom.